The van der Waals surface area contributed by atoms with Crippen LogP contribution in [0.15, 0.2) is 67.3 Å². The number of rotatable bonds is 7. The summed E-state index contributed by atoms with van der Waals surface area (Å²) in [7, 11) is 3.66. The van der Waals surface area contributed by atoms with Crippen molar-refractivity contribution in [2.24, 2.45) is 7.05 Å². The van der Waals surface area contributed by atoms with Gasteiger partial charge in [0.25, 0.3) is 0 Å². The van der Waals surface area contributed by atoms with Crippen LogP contribution in [0.3, 0.4) is 0 Å². The minimum Gasteiger partial charge on any atom is -0.495 e. The van der Waals surface area contributed by atoms with Crippen molar-refractivity contribution in [1.29, 1.82) is 0 Å². The SMILES string of the molecule is COc1cc(-c2cnc(C)n2C)ccc1Nc1cc2cc(-c3cnn(CC(C)O)c3)ccc2cn1. The molecule has 0 spiro atoms. The van der Waals surface area contributed by atoms with E-state index in [9.17, 15) is 5.11 Å². The highest BCUT2D eigenvalue weighted by atomic mass is 16.5. The number of aryl methyl sites for hydroxylation is 1. The molecule has 2 N–H and O–H groups in total. The fraction of sp³-hybridized carbons (Fsp3) is 0.222. The van der Waals surface area contributed by atoms with Crippen molar-refractivity contribution in [3.63, 3.8) is 0 Å². The monoisotopic (exact) mass is 468 g/mol. The third kappa shape index (κ3) is 4.61. The van der Waals surface area contributed by atoms with Gasteiger partial charge in [0.1, 0.15) is 17.4 Å². The summed E-state index contributed by atoms with van der Waals surface area (Å²) in [6.07, 6.45) is 7.05. The first-order valence-corrected chi connectivity index (χ1v) is 11.5. The summed E-state index contributed by atoms with van der Waals surface area (Å²) in [4.78, 5) is 8.98. The van der Waals surface area contributed by atoms with Crippen molar-refractivity contribution in [3.8, 4) is 28.1 Å². The lowest BCUT2D eigenvalue weighted by molar-refractivity contribution is 0.168. The van der Waals surface area contributed by atoms with Gasteiger partial charge in [0, 0.05) is 36.0 Å². The quantitative estimate of drug-likeness (QED) is 0.352. The van der Waals surface area contributed by atoms with E-state index in [0.717, 1.165) is 56.2 Å². The number of nitrogens with one attached hydrogen (secondary N) is 1. The molecule has 0 aliphatic carbocycles. The molecule has 3 aromatic heterocycles. The Morgan fingerprint density at radius 2 is 1.80 bits per heavy atom. The molecule has 8 nitrogen and oxygen atoms in total. The minimum absolute atomic E-state index is 0.446. The van der Waals surface area contributed by atoms with Gasteiger partial charge in [-0.2, -0.15) is 5.10 Å². The van der Waals surface area contributed by atoms with E-state index in [1.165, 1.54) is 0 Å². The second kappa shape index (κ2) is 9.23. The highest BCUT2D eigenvalue weighted by molar-refractivity contribution is 5.89. The Kier molecular flexibility index (Phi) is 5.96. The molecule has 2 aromatic carbocycles. The molecule has 0 radical (unpaired) electrons. The Morgan fingerprint density at radius 3 is 2.54 bits per heavy atom. The van der Waals surface area contributed by atoms with Gasteiger partial charge in [-0.3, -0.25) is 4.68 Å². The number of pyridine rings is 1. The van der Waals surface area contributed by atoms with Gasteiger partial charge in [0.15, 0.2) is 0 Å². The highest BCUT2D eigenvalue weighted by Crippen LogP contribution is 2.33. The van der Waals surface area contributed by atoms with Crippen molar-refractivity contribution in [3.05, 3.63) is 73.1 Å². The molecule has 0 fully saturated rings. The summed E-state index contributed by atoms with van der Waals surface area (Å²) in [6.45, 7) is 4.20. The lowest BCUT2D eigenvalue weighted by Gasteiger charge is -2.13. The van der Waals surface area contributed by atoms with Gasteiger partial charge in [-0.05, 0) is 49.1 Å². The maximum absolute atomic E-state index is 9.61. The standard InChI is InChI=1S/C27H28N6O2/c1-17(34)15-33-16-23(13-30-33)19-5-6-21-12-29-27(11-22(21)9-19)31-24-8-7-20(10-26(24)35-4)25-14-28-18(2)32(25)3/h5-14,16-17,34H,15H2,1-4H3,(H,29,31). The number of aromatic nitrogens is 5. The van der Waals surface area contributed by atoms with Crippen LogP contribution in [-0.2, 0) is 13.6 Å². The number of fused-ring (bicyclic) bond motifs is 1. The molecule has 1 unspecified atom stereocenters. The lowest BCUT2D eigenvalue weighted by atomic mass is 10.0. The molecule has 0 saturated heterocycles. The van der Waals surface area contributed by atoms with Crippen molar-refractivity contribution < 1.29 is 9.84 Å². The normalized spacial score (nSPS) is 12.1. The molecule has 5 aromatic rings. The first kappa shape index (κ1) is 22.6. The molecule has 0 aliphatic heterocycles. The second-order valence-corrected chi connectivity index (χ2v) is 8.72. The van der Waals surface area contributed by atoms with Gasteiger partial charge in [-0.25, -0.2) is 9.97 Å². The number of imidazole rings is 1. The highest BCUT2D eigenvalue weighted by Gasteiger charge is 2.11. The number of aliphatic hydroxyl groups excluding tert-OH is 1. The molecule has 3 heterocycles. The van der Waals surface area contributed by atoms with E-state index in [1.807, 2.05) is 63.0 Å². The third-order valence-corrected chi connectivity index (χ3v) is 6.12. The zero-order valence-electron chi connectivity index (χ0n) is 20.2. The number of methoxy groups -OCH3 is 1. The van der Waals surface area contributed by atoms with Crippen LogP contribution in [0.1, 0.15) is 12.7 Å². The van der Waals surface area contributed by atoms with Crippen LogP contribution in [-0.4, -0.2) is 42.6 Å². The third-order valence-electron chi connectivity index (χ3n) is 6.12. The van der Waals surface area contributed by atoms with E-state index in [1.54, 1.807) is 18.7 Å². The first-order valence-electron chi connectivity index (χ1n) is 11.5. The van der Waals surface area contributed by atoms with Gasteiger partial charge >= 0.3 is 0 Å². The maximum atomic E-state index is 9.61. The predicted molar refractivity (Wildman–Crippen MR) is 138 cm³/mol. The first-order chi connectivity index (χ1) is 16.9. The number of hydrogen-bond acceptors (Lipinski definition) is 6. The van der Waals surface area contributed by atoms with Crippen molar-refractivity contribution in [2.75, 3.05) is 12.4 Å². The summed E-state index contributed by atoms with van der Waals surface area (Å²) in [5, 5.41) is 19.5. The molecule has 8 heteroatoms. The molecule has 178 valence electrons. The van der Waals surface area contributed by atoms with E-state index < -0.39 is 6.10 Å². The van der Waals surface area contributed by atoms with Gasteiger partial charge in [-0.15, -0.1) is 0 Å². The van der Waals surface area contributed by atoms with Crippen molar-refractivity contribution in [2.45, 2.75) is 26.5 Å². The number of ether oxygens (including phenoxy) is 1. The number of hydrogen-bond donors (Lipinski definition) is 2. The zero-order chi connectivity index (χ0) is 24.5. The second-order valence-electron chi connectivity index (χ2n) is 8.72. The van der Waals surface area contributed by atoms with Gasteiger partial charge in [0.2, 0.25) is 0 Å². The molecule has 1 atom stereocenters. The topological polar surface area (TPSA) is 90.0 Å². The molecular weight excluding hydrogens is 440 g/mol. The van der Waals surface area contributed by atoms with Crippen LogP contribution in [0.4, 0.5) is 11.5 Å². The zero-order valence-corrected chi connectivity index (χ0v) is 20.2. The summed E-state index contributed by atoms with van der Waals surface area (Å²) in [5.74, 6) is 2.40. The summed E-state index contributed by atoms with van der Waals surface area (Å²) < 4.78 is 9.48. The van der Waals surface area contributed by atoms with E-state index in [4.69, 9.17) is 4.74 Å². The maximum Gasteiger partial charge on any atom is 0.143 e. The van der Waals surface area contributed by atoms with Crippen LogP contribution in [0.25, 0.3) is 33.2 Å². The van der Waals surface area contributed by atoms with E-state index >= 15 is 0 Å². The lowest BCUT2D eigenvalue weighted by Crippen LogP contribution is -2.11. The van der Waals surface area contributed by atoms with Gasteiger partial charge in [0.05, 0.1) is 43.5 Å². The average molecular weight is 469 g/mol. The fourth-order valence-corrected chi connectivity index (χ4v) is 4.13. The molecule has 0 amide bonds. The van der Waals surface area contributed by atoms with Crippen molar-refractivity contribution in [1.82, 2.24) is 24.3 Å². The molecule has 35 heavy (non-hydrogen) atoms. The number of benzene rings is 2. The van der Waals surface area contributed by atoms with Crippen molar-refractivity contribution >= 4 is 22.3 Å². The molecule has 0 aliphatic rings. The Balaban J connectivity index is 1.43. The summed E-state index contributed by atoms with van der Waals surface area (Å²) >= 11 is 0. The Morgan fingerprint density at radius 1 is 0.971 bits per heavy atom. The molecular formula is C27H28N6O2. The van der Waals surface area contributed by atoms with E-state index in [2.05, 4.69) is 43.1 Å². The Hall–Kier alpha value is -4.17. The fourth-order valence-electron chi connectivity index (χ4n) is 4.13. The molecule has 5 rings (SSSR count). The Bertz CT molecular complexity index is 1500. The van der Waals surface area contributed by atoms with Crippen LogP contribution >= 0.6 is 0 Å². The minimum atomic E-state index is -0.446. The van der Waals surface area contributed by atoms with E-state index in [-0.39, 0.29) is 0 Å². The van der Waals surface area contributed by atoms with E-state index in [0.29, 0.717) is 6.54 Å². The summed E-state index contributed by atoms with van der Waals surface area (Å²) in [6, 6.07) is 14.3. The summed E-state index contributed by atoms with van der Waals surface area (Å²) in [5.41, 5.74) is 4.95. The molecule has 0 saturated carbocycles. The van der Waals surface area contributed by atoms with Crippen LogP contribution in [0.5, 0.6) is 5.75 Å². The smallest absolute Gasteiger partial charge is 0.143 e. The number of nitrogens with zero attached hydrogens (tertiary/aromatic N) is 5. The average Bonchev–Trinajstić information content (AvgIpc) is 3.45. The van der Waals surface area contributed by atoms with Crippen LogP contribution < -0.4 is 10.1 Å². The van der Waals surface area contributed by atoms with Crippen LogP contribution in [0, 0.1) is 6.92 Å². The van der Waals surface area contributed by atoms with Gasteiger partial charge in [-0.1, -0.05) is 18.2 Å². The van der Waals surface area contributed by atoms with Crippen LogP contribution in [0.2, 0.25) is 0 Å². The Labute approximate surface area is 203 Å². The number of aliphatic hydroxyl groups is 1. The molecule has 0 bridgehead atoms. The number of anilines is 2. The van der Waals surface area contributed by atoms with Gasteiger partial charge < -0.3 is 19.7 Å². The predicted octanol–water partition coefficient (Wildman–Crippen LogP) is 4.94. The largest absolute Gasteiger partial charge is 0.495 e.